The third-order valence-electron chi connectivity index (χ3n) is 1.85. The molecule has 82 valence electrons. The fourth-order valence-electron chi connectivity index (χ4n) is 1.07. The van der Waals surface area contributed by atoms with Crippen LogP contribution in [0.25, 0.3) is 0 Å². The van der Waals surface area contributed by atoms with Gasteiger partial charge in [0.05, 0.1) is 0 Å². The molecule has 1 aromatic carbocycles. The molecular weight excluding hydrogens is 228 g/mol. The van der Waals surface area contributed by atoms with Crippen molar-refractivity contribution in [2.75, 3.05) is 0 Å². The van der Waals surface area contributed by atoms with Crippen LogP contribution in [0.3, 0.4) is 0 Å². The number of carbonyl (C=O) groups is 1. The number of carboxylic acid groups (broad SMARTS) is 1. The van der Waals surface area contributed by atoms with Crippen LogP contribution in [-0.2, 0) is 11.2 Å². The molecular formula is C9H8ClF2NO2. The lowest BCUT2D eigenvalue weighted by Crippen LogP contribution is -2.32. The van der Waals surface area contributed by atoms with Gasteiger partial charge in [-0.25, -0.2) is 13.6 Å². The van der Waals surface area contributed by atoms with Crippen molar-refractivity contribution in [3.05, 3.63) is 35.4 Å². The first-order valence-electron chi connectivity index (χ1n) is 4.07. The average Bonchev–Trinajstić information content (AvgIpc) is 2.19. The van der Waals surface area contributed by atoms with Crippen molar-refractivity contribution in [1.82, 2.24) is 4.84 Å². The molecule has 1 unspecified atom stereocenters. The van der Waals surface area contributed by atoms with Gasteiger partial charge in [0.1, 0.15) is 6.04 Å². The number of halogens is 3. The van der Waals surface area contributed by atoms with Crippen molar-refractivity contribution < 1.29 is 18.7 Å². The number of carboxylic acids is 1. The smallest absolute Gasteiger partial charge is 0.322 e. The van der Waals surface area contributed by atoms with E-state index in [-0.39, 0.29) is 6.42 Å². The Labute approximate surface area is 89.8 Å². The van der Waals surface area contributed by atoms with Gasteiger partial charge in [0, 0.05) is 0 Å². The minimum absolute atomic E-state index is 0.0178. The molecule has 0 bridgehead atoms. The molecule has 0 amide bonds. The molecule has 0 fully saturated rings. The SMILES string of the molecule is O=C(O)C(Cc1ccc(F)c(F)c1)NCl. The Morgan fingerprint density at radius 1 is 1.47 bits per heavy atom. The lowest BCUT2D eigenvalue weighted by Gasteiger charge is -2.09. The summed E-state index contributed by atoms with van der Waals surface area (Å²) in [7, 11) is 0. The average molecular weight is 236 g/mol. The van der Waals surface area contributed by atoms with Crippen LogP contribution in [0, 0.1) is 11.6 Å². The molecule has 0 aromatic heterocycles. The normalized spacial score (nSPS) is 12.5. The van der Waals surface area contributed by atoms with Crippen LogP contribution in [0.1, 0.15) is 5.56 Å². The summed E-state index contributed by atoms with van der Waals surface area (Å²) in [4.78, 5) is 12.6. The lowest BCUT2D eigenvalue weighted by atomic mass is 10.1. The van der Waals surface area contributed by atoms with E-state index in [1.165, 1.54) is 6.07 Å². The summed E-state index contributed by atoms with van der Waals surface area (Å²) >= 11 is 5.18. The van der Waals surface area contributed by atoms with Gasteiger partial charge in [-0.15, -0.1) is 0 Å². The summed E-state index contributed by atoms with van der Waals surface area (Å²) in [6.07, 6.45) is -0.0178. The van der Waals surface area contributed by atoms with Gasteiger partial charge in [-0.1, -0.05) is 6.07 Å². The highest BCUT2D eigenvalue weighted by Gasteiger charge is 2.17. The number of nitrogens with one attached hydrogen (secondary N) is 1. The third-order valence-corrected chi connectivity index (χ3v) is 2.12. The van der Waals surface area contributed by atoms with Crippen LogP contribution in [-0.4, -0.2) is 17.1 Å². The second kappa shape index (κ2) is 5.04. The predicted molar refractivity (Wildman–Crippen MR) is 50.5 cm³/mol. The van der Waals surface area contributed by atoms with E-state index >= 15 is 0 Å². The van der Waals surface area contributed by atoms with Crippen molar-refractivity contribution in [2.24, 2.45) is 0 Å². The maximum absolute atomic E-state index is 12.8. The highest BCUT2D eigenvalue weighted by molar-refractivity contribution is 6.14. The summed E-state index contributed by atoms with van der Waals surface area (Å²) in [5.41, 5.74) is 0.356. The van der Waals surface area contributed by atoms with E-state index in [2.05, 4.69) is 0 Å². The van der Waals surface area contributed by atoms with E-state index in [1.807, 2.05) is 4.84 Å². The Morgan fingerprint density at radius 2 is 2.13 bits per heavy atom. The second-order valence-electron chi connectivity index (χ2n) is 2.95. The van der Waals surface area contributed by atoms with Crippen LogP contribution in [0.15, 0.2) is 18.2 Å². The third kappa shape index (κ3) is 3.14. The van der Waals surface area contributed by atoms with E-state index in [4.69, 9.17) is 16.9 Å². The minimum atomic E-state index is -1.16. The van der Waals surface area contributed by atoms with Crippen molar-refractivity contribution in [2.45, 2.75) is 12.5 Å². The molecule has 0 aliphatic rings. The molecule has 1 aromatic rings. The topological polar surface area (TPSA) is 49.3 Å². The van der Waals surface area contributed by atoms with Crippen LogP contribution in [0.5, 0.6) is 0 Å². The Kier molecular flexibility index (Phi) is 3.99. The van der Waals surface area contributed by atoms with E-state index < -0.39 is 23.6 Å². The maximum Gasteiger partial charge on any atom is 0.322 e. The van der Waals surface area contributed by atoms with Gasteiger partial charge in [-0.2, -0.15) is 0 Å². The largest absolute Gasteiger partial charge is 0.480 e. The molecule has 0 spiro atoms. The van der Waals surface area contributed by atoms with Crippen LogP contribution < -0.4 is 4.84 Å². The first kappa shape index (κ1) is 11.9. The number of rotatable bonds is 4. The molecule has 3 nitrogen and oxygen atoms in total. The van der Waals surface area contributed by atoms with Gasteiger partial charge in [0.2, 0.25) is 0 Å². The van der Waals surface area contributed by atoms with Crippen molar-refractivity contribution in [1.29, 1.82) is 0 Å². The molecule has 0 saturated carbocycles. The van der Waals surface area contributed by atoms with E-state index in [9.17, 15) is 13.6 Å². The number of benzene rings is 1. The molecule has 2 N–H and O–H groups in total. The molecule has 15 heavy (non-hydrogen) atoms. The summed E-state index contributed by atoms with van der Waals surface area (Å²) in [6.45, 7) is 0. The van der Waals surface area contributed by atoms with Crippen LogP contribution in [0.2, 0.25) is 0 Å². The predicted octanol–water partition coefficient (Wildman–Crippen LogP) is 1.70. The number of aliphatic carboxylic acids is 1. The second-order valence-corrected chi connectivity index (χ2v) is 3.17. The van der Waals surface area contributed by atoms with Crippen LogP contribution >= 0.6 is 11.8 Å². The fraction of sp³-hybridized carbons (Fsp3) is 0.222. The lowest BCUT2D eigenvalue weighted by molar-refractivity contribution is -0.138. The molecule has 0 aliphatic carbocycles. The van der Waals surface area contributed by atoms with Gasteiger partial charge in [0.25, 0.3) is 0 Å². The van der Waals surface area contributed by atoms with Crippen molar-refractivity contribution >= 4 is 17.7 Å². The standard InChI is InChI=1S/C9H8ClF2NO2/c10-13-8(9(14)15)4-5-1-2-6(11)7(12)3-5/h1-3,8,13H,4H2,(H,14,15). The molecule has 1 rings (SSSR count). The minimum Gasteiger partial charge on any atom is -0.480 e. The zero-order valence-electron chi connectivity index (χ0n) is 7.51. The summed E-state index contributed by atoms with van der Waals surface area (Å²) in [5.74, 6) is -3.13. The van der Waals surface area contributed by atoms with E-state index in [0.29, 0.717) is 5.56 Å². The highest BCUT2D eigenvalue weighted by atomic mass is 35.5. The molecule has 0 saturated heterocycles. The van der Waals surface area contributed by atoms with Crippen molar-refractivity contribution in [3.8, 4) is 0 Å². The molecule has 1 atom stereocenters. The molecule has 6 heteroatoms. The Hall–Kier alpha value is -1.20. The highest BCUT2D eigenvalue weighted by Crippen LogP contribution is 2.10. The summed E-state index contributed by atoms with van der Waals surface area (Å²) in [5, 5.41) is 8.64. The van der Waals surface area contributed by atoms with Gasteiger partial charge < -0.3 is 5.11 Å². The molecule has 0 aliphatic heterocycles. The first-order chi connectivity index (χ1) is 7.04. The Morgan fingerprint density at radius 3 is 2.60 bits per heavy atom. The van der Waals surface area contributed by atoms with Crippen molar-refractivity contribution in [3.63, 3.8) is 0 Å². The number of hydrogen-bond acceptors (Lipinski definition) is 2. The quantitative estimate of drug-likeness (QED) is 0.781. The van der Waals surface area contributed by atoms with Crippen LogP contribution in [0.4, 0.5) is 8.78 Å². The fourth-order valence-corrected chi connectivity index (χ4v) is 1.25. The van der Waals surface area contributed by atoms with E-state index in [0.717, 1.165) is 12.1 Å². The monoisotopic (exact) mass is 235 g/mol. The van der Waals surface area contributed by atoms with Gasteiger partial charge in [-0.05, 0) is 35.9 Å². The number of hydrogen-bond donors (Lipinski definition) is 2. The zero-order chi connectivity index (χ0) is 11.4. The van der Waals surface area contributed by atoms with E-state index in [1.54, 1.807) is 0 Å². The first-order valence-corrected chi connectivity index (χ1v) is 4.45. The van der Waals surface area contributed by atoms with Gasteiger partial charge >= 0.3 is 5.97 Å². The zero-order valence-corrected chi connectivity index (χ0v) is 8.26. The molecule has 0 heterocycles. The Bertz CT molecular complexity index is 373. The molecule has 0 radical (unpaired) electrons. The maximum atomic E-state index is 12.8. The Balaban J connectivity index is 2.80. The van der Waals surface area contributed by atoms with Gasteiger partial charge in [-0.3, -0.25) is 4.79 Å². The summed E-state index contributed by atoms with van der Waals surface area (Å²) in [6, 6.07) is 2.16. The van der Waals surface area contributed by atoms with Gasteiger partial charge in [0.15, 0.2) is 11.6 Å². The summed E-state index contributed by atoms with van der Waals surface area (Å²) < 4.78 is 25.3.